The van der Waals surface area contributed by atoms with Gasteiger partial charge in [-0.3, -0.25) is 4.98 Å². The summed E-state index contributed by atoms with van der Waals surface area (Å²) < 4.78 is 24.3. The van der Waals surface area contributed by atoms with Crippen LogP contribution in [0.3, 0.4) is 0 Å². The Bertz CT molecular complexity index is 1470. The molecule has 1 N–H and O–H groups in total. The second-order valence-electron chi connectivity index (χ2n) is 13.3. The maximum atomic E-state index is 12.9. The quantitative estimate of drug-likeness (QED) is 0.148. The van der Waals surface area contributed by atoms with Crippen molar-refractivity contribution in [2.75, 3.05) is 0 Å². The molecular formula is C33H46N4O2SSi. The van der Waals surface area contributed by atoms with E-state index in [0.717, 1.165) is 51.9 Å². The van der Waals surface area contributed by atoms with Crippen molar-refractivity contribution in [2.24, 2.45) is 0 Å². The maximum absolute atomic E-state index is 12.9. The predicted octanol–water partition coefficient (Wildman–Crippen LogP) is 8.50. The topological polar surface area (TPSA) is 75.0 Å². The van der Waals surface area contributed by atoms with Crippen LogP contribution in [0.25, 0.3) is 27.8 Å². The smallest absolute Gasteiger partial charge is 0.192 e. The fraction of sp³-hybridized carbons (Fsp3) is 0.455. The molecule has 2 aromatic carbocycles. The Labute approximate surface area is 250 Å². The Morgan fingerprint density at radius 3 is 2.41 bits per heavy atom. The highest BCUT2D eigenvalue weighted by Gasteiger charge is 2.37. The Balaban J connectivity index is 1.63. The molecule has 0 aliphatic carbocycles. The zero-order valence-corrected chi connectivity index (χ0v) is 27.9. The van der Waals surface area contributed by atoms with Crippen LogP contribution in [0.15, 0.2) is 66.9 Å². The molecule has 0 fully saturated rings. The molecule has 0 saturated carbocycles. The second-order valence-corrected chi connectivity index (χ2v) is 20.1. The van der Waals surface area contributed by atoms with Crippen molar-refractivity contribution in [1.29, 1.82) is 0 Å². The van der Waals surface area contributed by atoms with Crippen molar-refractivity contribution < 1.29 is 8.98 Å². The maximum Gasteiger partial charge on any atom is 0.192 e. The van der Waals surface area contributed by atoms with Crippen LogP contribution in [0.2, 0.25) is 18.1 Å². The standard InChI is InChI=1S/C33H46N4O2SSi/c1-10-13-30(36-40(38)32(2,3)4)29-17-12-16-28(35-29)25-18-19-26-22-34-37(31(26)21-25)27-15-11-14-24(20-27)23-39-41(8,9)33(5,6)7/h11-12,14-22,30,36H,10,13,23H2,1-9H3/t30-,40?/m0/s1. The first-order valence-corrected chi connectivity index (χ1v) is 18.6. The van der Waals surface area contributed by atoms with E-state index >= 15 is 0 Å². The normalized spacial score (nSPS) is 14.4. The molecule has 2 heterocycles. The van der Waals surface area contributed by atoms with E-state index in [4.69, 9.17) is 14.5 Å². The van der Waals surface area contributed by atoms with Crippen LogP contribution in [-0.4, -0.2) is 32.4 Å². The molecule has 41 heavy (non-hydrogen) atoms. The van der Waals surface area contributed by atoms with Crippen molar-refractivity contribution in [3.05, 3.63) is 78.1 Å². The van der Waals surface area contributed by atoms with Crippen LogP contribution in [0.5, 0.6) is 0 Å². The third-order valence-corrected chi connectivity index (χ3v) is 14.0. The minimum Gasteiger partial charge on any atom is -0.598 e. The van der Waals surface area contributed by atoms with Gasteiger partial charge in [-0.2, -0.15) is 5.10 Å². The summed E-state index contributed by atoms with van der Waals surface area (Å²) in [6, 6.07) is 20.8. The van der Waals surface area contributed by atoms with E-state index in [-0.39, 0.29) is 15.8 Å². The third-order valence-electron chi connectivity index (χ3n) is 7.94. The van der Waals surface area contributed by atoms with E-state index in [0.29, 0.717) is 6.61 Å². The van der Waals surface area contributed by atoms with Gasteiger partial charge in [0.15, 0.2) is 8.32 Å². The molecule has 220 valence electrons. The van der Waals surface area contributed by atoms with Crippen LogP contribution in [0.4, 0.5) is 0 Å². The van der Waals surface area contributed by atoms with Crippen LogP contribution in [-0.2, 0) is 22.4 Å². The Hall–Kier alpha value is -2.49. The molecule has 0 aliphatic heterocycles. The van der Waals surface area contributed by atoms with Gasteiger partial charge in [-0.15, -0.1) is 4.72 Å². The summed E-state index contributed by atoms with van der Waals surface area (Å²) in [5.74, 6) is 0. The number of hydrogen-bond acceptors (Lipinski definition) is 5. The summed E-state index contributed by atoms with van der Waals surface area (Å²) >= 11 is -1.18. The highest BCUT2D eigenvalue weighted by atomic mass is 32.2. The molecule has 0 aliphatic rings. The average Bonchev–Trinajstić information content (AvgIpc) is 3.34. The van der Waals surface area contributed by atoms with E-state index in [1.807, 2.05) is 49.8 Å². The highest BCUT2D eigenvalue weighted by Crippen LogP contribution is 2.37. The first-order valence-electron chi connectivity index (χ1n) is 14.6. The number of fused-ring (bicyclic) bond motifs is 1. The lowest BCUT2D eigenvalue weighted by molar-refractivity contribution is 0.276. The molecule has 8 heteroatoms. The largest absolute Gasteiger partial charge is 0.598 e. The van der Waals surface area contributed by atoms with Crippen molar-refractivity contribution in [2.45, 2.75) is 96.8 Å². The number of hydrogen-bond donors (Lipinski definition) is 1. The molecule has 0 spiro atoms. The molecule has 0 radical (unpaired) electrons. The van der Waals surface area contributed by atoms with E-state index in [9.17, 15) is 4.55 Å². The van der Waals surface area contributed by atoms with Crippen molar-refractivity contribution in [3.8, 4) is 16.9 Å². The summed E-state index contributed by atoms with van der Waals surface area (Å²) in [6.45, 7) is 20.1. The fourth-order valence-electron chi connectivity index (χ4n) is 4.31. The zero-order valence-electron chi connectivity index (χ0n) is 26.1. The van der Waals surface area contributed by atoms with Crippen LogP contribution in [0.1, 0.15) is 78.6 Å². The first kappa shape index (κ1) is 31.4. The summed E-state index contributed by atoms with van der Waals surface area (Å²) in [4.78, 5) is 5.03. The molecule has 6 nitrogen and oxygen atoms in total. The molecule has 0 bridgehead atoms. The molecule has 2 aromatic heterocycles. The van der Waals surface area contributed by atoms with E-state index in [1.165, 1.54) is 0 Å². The molecule has 2 atom stereocenters. The number of rotatable bonds is 10. The van der Waals surface area contributed by atoms with Gasteiger partial charge in [0.2, 0.25) is 0 Å². The van der Waals surface area contributed by atoms with Gasteiger partial charge in [0.25, 0.3) is 0 Å². The fourth-order valence-corrected chi connectivity index (χ4v) is 6.12. The number of nitrogens with zero attached hydrogens (tertiary/aromatic N) is 3. The Kier molecular flexibility index (Phi) is 9.51. The monoisotopic (exact) mass is 590 g/mol. The van der Waals surface area contributed by atoms with Crippen molar-refractivity contribution in [3.63, 3.8) is 0 Å². The van der Waals surface area contributed by atoms with Gasteiger partial charge < -0.3 is 8.98 Å². The molecule has 0 saturated heterocycles. The van der Waals surface area contributed by atoms with Gasteiger partial charge in [-0.25, -0.2) is 4.68 Å². The number of pyridine rings is 1. The van der Waals surface area contributed by atoms with Crippen molar-refractivity contribution >= 4 is 30.6 Å². The first-order chi connectivity index (χ1) is 19.2. The third kappa shape index (κ3) is 7.48. The second kappa shape index (κ2) is 12.4. The SMILES string of the molecule is CCC[C@H](N[S+]([O-])C(C)(C)C)c1cccc(-c2ccc3cnn(-c4cccc(CO[Si](C)(C)C(C)(C)C)c4)c3c2)n1. The Morgan fingerprint density at radius 1 is 1.00 bits per heavy atom. The molecule has 4 rings (SSSR count). The zero-order chi connectivity index (χ0) is 30.0. The Morgan fingerprint density at radius 2 is 1.73 bits per heavy atom. The summed E-state index contributed by atoms with van der Waals surface area (Å²) in [6.07, 6.45) is 3.74. The predicted molar refractivity (Wildman–Crippen MR) is 175 cm³/mol. The van der Waals surface area contributed by atoms with Crippen LogP contribution >= 0.6 is 0 Å². The molecule has 4 aromatic rings. The highest BCUT2D eigenvalue weighted by molar-refractivity contribution is 7.90. The molecule has 0 amide bonds. The van der Waals surface area contributed by atoms with Gasteiger partial charge in [0.05, 0.1) is 41.4 Å². The van der Waals surface area contributed by atoms with E-state index < -0.39 is 19.7 Å². The van der Waals surface area contributed by atoms with Gasteiger partial charge in [0.1, 0.15) is 4.75 Å². The number of nitrogens with one attached hydrogen (secondary N) is 1. The molecule has 1 unspecified atom stereocenters. The average molecular weight is 591 g/mol. The lowest BCUT2D eigenvalue weighted by Crippen LogP contribution is -2.41. The van der Waals surface area contributed by atoms with Crippen LogP contribution in [0, 0.1) is 0 Å². The van der Waals surface area contributed by atoms with Gasteiger partial charge in [0, 0.05) is 22.3 Å². The minimum absolute atomic E-state index is 0.0782. The van der Waals surface area contributed by atoms with Crippen LogP contribution < -0.4 is 4.72 Å². The minimum atomic E-state index is -1.85. The number of aromatic nitrogens is 3. The van der Waals surface area contributed by atoms with E-state index in [1.54, 1.807) is 0 Å². The number of benzene rings is 2. The lowest BCUT2D eigenvalue weighted by atomic mass is 10.1. The summed E-state index contributed by atoms with van der Waals surface area (Å²) in [5, 5.41) is 5.97. The van der Waals surface area contributed by atoms with Gasteiger partial charge in [-0.05, 0) is 81.2 Å². The van der Waals surface area contributed by atoms with Crippen molar-refractivity contribution in [1.82, 2.24) is 19.5 Å². The van der Waals surface area contributed by atoms with Gasteiger partial charge >= 0.3 is 0 Å². The summed E-state index contributed by atoms with van der Waals surface area (Å²) in [7, 11) is -1.85. The van der Waals surface area contributed by atoms with Gasteiger partial charge in [-0.1, -0.05) is 64.4 Å². The molecular weight excluding hydrogens is 545 g/mol. The lowest BCUT2D eigenvalue weighted by Gasteiger charge is -2.36. The van der Waals surface area contributed by atoms with E-state index in [2.05, 4.69) is 88.0 Å². The summed E-state index contributed by atoms with van der Waals surface area (Å²) in [5.41, 5.74) is 5.98.